The van der Waals surface area contributed by atoms with Gasteiger partial charge in [-0.15, -0.1) is 0 Å². The number of allylic oxidation sites excluding steroid dienone is 2. The lowest BCUT2D eigenvalue weighted by atomic mass is 10.1. The molecule has 0 spiro atoms. The van der Waals surface area contributed by atoms with Crippen molar-refractivity contribution in [3.05, 3.63) is 12.2 Å². The standard InChI is InChI=1S/C31H60NO8P/c1-6-8-9-10-11-12-13-14-15-16-17-18-19-20-21-22-23-24-31(34)40-29(27-37-30(33)7-2)28-39-41(35,36)38-26-25-32(3,4)5/h14-15,29H,6-13,16-28H2,1-5H3/b15-14-. The van der Waals surface area contributed by atoms with Crippen molar-refractivity contribution < 1.29 is 42.1 Å². The van der Waals surface area contributed by atoms with Crippen molar-refractivity contribution in [1.29, 1.82) is 0 Å². The highest BCUT2D eigenvalue weighted by Crippen LogP contribution is 2.38. The zero-order valence-corrected chi connectivity index (χ0v) is 27.6. The van der Waals surface area contributed by atoms with E-state index in [-0.39, 0.29) is 26.1 Å². The molecule has 0 radical (unpaired) electrons. The van der Waals surface area contributed by atoms with Gasteiger partial charge in [0.15, 0.2) is 6.10 Å². The molecule has 0 aromatic carbocycles. The van der Waals surface area contributed by atoms with Crippen molar-refractivity contribution >= 4 is 19.8 Å². The summed E-state index contributed by atoms with van der Waals surface area (Å²) in [6.45, 7) is 3.59. The number of nitrogens with zero attached hydrogens (tertiary/aromatic N) is 1. The van der Waals surface area contributed by atoms with Crippen LogP contribution < -0.4 is 4.89 Å². The molecule has 0 aromatic rings. The number of phosphoric ester groups is 1. The van der Waals surface area contributed by atoms with Crippen LogP contribution >= 0.6 is 7.82 Å². The molecule has 0 saturated heterocycles. The van der Waals surface area contributed by atoms with Crippen molar-refractivity contribution in [3.8, 4) is 0 Å². The highest BCUT2D eigenvalue weighted by molar-refractivity contribution is 7.45. The van der Waals surface area contributed by atoms with Gasteiger partial charge in [-0.05, 0) is 32.1 Å². The fraction of sp³-hybridized carbons (Fsp3) is 0.871. The van der Waals surface area contributed by atoms with Gasteiger partial charge in [0.05, 0.1) is 27.7 Å². The Morgan fingerprint density at radius 3 is 1.83 bits per heavy atom. The van der Waals surface area contributed by atoms with E-state index in [0.29, 0.717) is 17.4 Å². The SMILES string of the molecule is CCCCCCCC/C=C\CCCCCCCCCC(=O)OC(COC(=O)CC)COP(=O)([O-])OCC[N+](C)(C)C. The third-order valence-electron chi connectivity index (χ3n) is 6.59. The first-order valence-electron chi connectivity index (χ1n) is 15.9. The average Bonchev–Trinajstić information content (AvgIpc) is 2.90. The van der Waals surface area contributed by atoms with E-state index in [0.717, 1.165) is 25.7 Å². The molecule has 0 aromatic heterocycles. The molecule has 0 amide bonds. The predicted octanol–water partition coefficient (Wildman–Crippen LogP) is 6.88. The van der Waals surface area contributed by atoms with Crippen LogP contribution in [-0.2, 0) is 32.7 Å². The fourth-order valence-corrected chi connectivity index (χ4v) is 4.71. The number of unbranched alkanes of at least 4 members (excludes halogenated alkanes) is 13. The second kappa shape index (κ2) is 25.3. The Bertz CT molecular complexity index is 738. The molecule has 0 fully saturated rings. The van der Waals surface area contributed by atoms with Gasteiger partial charge in [-0.25, -0.2) is 0 Å². The average molecular weight is 606 g/mol. The Kier molecular flexibility index (Phi) is 24.5. The normalized spacial score (nSPS) is 14.2. The lowest BCUT2D eigenvalue weighted by Gasteiger charge is -2.28. The van der Waals surface area contributed by atoms with Crippen LogP contribution in [0.3, 0.4) is 0 Å². The Balaban J connectivity index is 4.06. The molecule has 41 heavy (non-hydrogen) atoms. The van der Waals surface area contributed by atoms with Crippen molar-refractivity contribution in [1.82, 2.24) is 0 Å². The molecule has 0 aliphatic carbocycles. The molecule has 242 valence electrons. The first kappa shape index (κ1) is 39.8. The van der Waals surface area contributed by atoms with E-state index in [1.807, 2.05) is 21.1 Å². The van der Waals surface area contributed by atoms with Gasteiger partial charge in [-0.3, -0.25) is 14.2 Å². The molecule has 2 atom stereocenters. The zero-order chi connectivity index (χ0) is 30.8. The summed E-state index contributed by atoms with van der Waals surface area (Å²) in [5.41, 5.74) is 0. The Morgan fingerprint density at radius 2 is 1.29 bits per heavy atom. The van der Waals surface area contributed by atoms with E-state index in [4.69, 9.17) is 18.5 Å². The highest BCUT2D eigenvalue weighted by Gasteiger charge is 2.21. The van der Waals surface area contributed by atoms with Gasteiger partial charge < -0.3 is 27.9 Å². The number of hydrogen-bond donors (Lipinski definition) is 0. The first-order valence-corrected chi connectivity index (χ1v) is 17.4. The number of rotatable bonds is 28. The van der Waals surface area contributed by atoms with Crippen molar-refractivity contribution in [2.24, 2.45) is 0 Å². The topological polar surface area (TPSA) is 111 Å². The monoisotopic (exact) mass is 605 g/mol. The fourth-order valence-electron chi connectivity index (χ4n) is 3.98. The second-order valence-electron chi connectivity index (χ2n) is 11.8. The number of carbonyl (C=O) groups is 2. The Hall–Kier alpha value is -1.25. The van der Waals surface area contributed by atoms with Crippen LogP contribution in [0, 0.1) is 0 Å². The summed E-state index contributed by atoms with van der Waals surface area (Å²) in [5, 5.41) is 0. The Labute approximate surface area is 250 Å². The zero-order valence-electron chi connectivity index (χ0n) is 26.7. The number of likely N-dealkylation sites (N-methyl/N-ethyl adjacent to an activating group) is 1. The highest BCUT2D eigenvalue weighted by atomic mass is 31.2. The molecular weight excluding hydrogens is 545 g/mol. The van der Waals surface area contributed by atoms with Gasteiger partial charge in [-0.2, -0.15) is 0 Å². The van der Waals surface area contributed by atoms with Crippen LogP contribution in [0.5, 0.6) is 0 Å². The number of esters is 2. The molecule has 0 saturated carbocycles. The Morgan fingerprint density at radius 1 is 0.756 bits per heavy atom. The summed E-state index contributed by atoms with van der Waals surface area (Å²) < 4.78 is 32.8. The number of ether oxygens (including phenoxy) is 2. The molecule has 0 bridgehead atoms. The van der Waals surface area contributed by atoms with Gasteiger partial charge in [0, 0.05) is 12.8 Å². The maximum Gasteiger partial charge on any atom is 0.306 e. The third kappa shape index (κ3) is 28.6. The minimum absolute atomic E-state index is 0.0318. The van der Waals surface area contributed by atoms with E-state index < -0.39 is 32.5 Å². The molecule has 2 unspecified atom stereocenters. The van der Waals surface area contributed by atoms with Crippen molar-refractivity contribution in [3.63, 3.8) is 0 Å². The minimum atomic E-state index is -4.58. The molecule has 10 heteroatoms. The van der Waals surface area contributed by atoms with Gasteiger partial charge >= 0.3 is 11.9 Å². The molecular formula is C31H60NO8P. The van der Waals surface area contributed by atoms with Gasteiger partial charge in [-0.1, -0.05) is 90.2 Å². The summed E-state index contributed by atoms with van der Waals surface area (Å²) in [7, 11) is 1.15. The van der Waals surface area contributed by atoms with Crippen LogP contribution in [0.25, 0.3) is 0 Å². The lowest BCUT2D eigenvalue weighted by Crippen LogP contribution is -2.37. The van der Waals surface area contributed by atoms with Crippen LogP contribution in [0.2, 0.25) is 0 Å². The van der Waals surface area contributed by atoms with Crippen LogP contribution in [0.4, 0.5) is 0 Å². The van der Waals surface area contributed by atoms with Crippen LogP contribution in [0.1, 0.15) is 123 Å². The van der Waals surface area contributed by atoms with E-state index >= 15 is 0 Å². The van der Waals surface area contributed by atoms with E-state index in [2.05, 4.69) is 19.1 Å². The van der Waals surface area contributed by atoms with Gasteiger partial charge in [0.1, 0.15) is 19.8 Å². The summed E-state index contributed by atoms with van der Waals surface area (Å²) in [4.78, 5) is 35.9. The van der Waals surface area contributed by atoms with Crippen LogP contribution in [0.15, 0.2) is 12.2 Å². The molecule has 0 rings (SSSR count). The smallest absolute Gasteiger partial charge is 0.306 e. The molecule has 0 N–H and O–H groups in total. The second-order valence-corrected chi connectivity index (χ2v) is 13.2. The number of carbonyl (C=O) groups excluding carboxylic acids is 2. The van der Waals surface area contributed by atoms with E-state index in [1.54, 1.807) is 6.92 Å². The van der Waals surface area contributed by atoms with E-state index in [1.165, 1.54) is 64.2 Å². The summed E-state index contributed by atoms with van der Waals surface area (Å²) in [6.07, 6.45) is 21.9. The molecule has 0 aliphatic heterocycles. The quantitative estimate of drug-likeness (QED) is 0.0312. The van der Waals surface area contributed by atoms with Gasteiger partial charge in [0.25, 0.3) is 7.82 Å². The summed E-state index contributed by atoms with van der Waals surface area (Å²) in [6, 6.07) is 0. The van der Waals surface area contributed by atoms with Gasteiger partial charge in [0.2, 0.25) is 0 Å². The molecule has 0 heterocycles. The lowest BCUT2D eigenvalue weighted by molar-refractivity contribution is -0.870. The maximum absolute atomic E-state index is 12.3. The first-order chi connectivity index (χ1) is 19.5. The number of hydrogen-bond acceptors (Lipinski definition) is 8. The molecule has 0 aliphatic rings. The summed E-state index contributed by atoms with van der Waals surface area (Å²) >= 11 is 0. The summed E-state index contributed by atoms with van der Waals surface area (Å²) in [5.74, 6) is -0.940. The predicted molar refractivity (Wildman–Crippen MR) is 162 cm³/mol. The van der Waals surface area contributed by atoms with Crippen molar-refractivity contribution in [2.45, 2.75) is 129 Å². The minimum Gasteiger partial charge on any atom is -0.756 e. The van der Waals surface area contributed by atoms with E-state index in [9.17, 15) is 19.0 Å². The van der Waals surface area contributed by atoms with Crippen molar-refractivity contribution in [2.75, 3.05) is 47.5 Å². The number of quaternary nitrogens is 1. The molecule has 9 nitrogen and oxygen atoms in total. The van der Waals surface area contributed by atoms with Crippen LogP contribution in [-0.4, -0.2) is 70.0 Å². The maximum atomic E-state index is 12.3. The number of phosphoric acid groups is 1. The largest absolute Gasteiger partial charge is 0.756 e. The third-order valence-corrected chi connectivity index (χ3v) is 7.55.